The van der Waals surface area contributed by atoms with Crippen molar-refractivity contribution < 1.29 is 9.28 Å². The number of carbonyl (C=O) groups excluding carboxylic acids is 1. The van der Waals surface area contributed by atoms with Gasteiger partial charge in [0.2, 0.25) is 5.91 Å². The molecule has 1 aliphatic heterocycles. The molecule has 1 saturated carbocycles. The van der Waals surface area contributed by atoms with Crippen molar-refractivity contribution >= 4 is 5.91 Å². The second-order valence-electron chi connectivity index (χ2n) is 9.52. The first-order valence-corrected chi connectivity index (χ1v) is 10.7. The number of rotatable bonds is 5. The molecule has 2 aromatic carbocycles. The van der Waals surface area contributed by atoms with Gasteiger partial charge in [0, 0.05) is 12.3 Å². The fraction of sp³-hybridized carbons (Fsp3) is 0.480. The average Bonchev–Trinajstić information content (AvgIpc) is 3.11. The van der Waals surface area contributed by atoms with Gasteiger partial charge in [0.15, 0.2) is 0 Å². The zero-order chi connectivity index (χ0) is 19.8. The van der Waals surface area contributed by atoms with E-state index in [0.29, 0.717) is 5.92 Å². The molecular weight excluding hydrogens is 344 g/mol. The Hall–Kier alpha value is -2.13. The Morgan fingerprint density at radius 1 is 1.00 bits per heavy atom. The first-order chi connectivity index (χ1) is 13.4. The van der Waals surface area contributed by atoms with Crippen molar-refractivity contribution in [2.45, 2.75) is 43.6 Å². The predicted octanol–water partition coefficient (Wildman–Crippen LogP) is 4.11. The number of hydrogen-bond acceptors (Lipinski definition) is 1. The van der Waals surface area contributed by atoms with Crippen LogP contribution in [0.5, 0.6) is 0 Å². The van der Waals surface area contributed by atoms with Crippen molar-refractivity contribution in [2.75, 3.05) is 20.6 Å². The first kappa shape index (κ1) is 19.2. The van der Waals surface area contributed by atoms with Crippen LogP contribution in [-0.2, 0) is 10.2 Å². The Kier molecular flexibility index (Phi) is 5.05. The lowest BCUT2D eigenvalue weighted by Gasteiger charge is -2.43. The Morgan fingerprint density at radius 2 is 1.57 bits per heavy atom. The van der Waals surface area contributed by atoms with Crippen LogP contribution < -0.4 is 5.73 Å². The lowest BCUT2D eigenvalue weighted by molar-refractivity contribution is -0.923. The largest absolute Gasteiger partial charge is 0.369 e. The van der Waals surface area contributed by atoms with Gasteiger partial charge in [-0.3, -0.25) is 4.79 Å². The minimum atomic E-state index is -0.752. The molecule has 1 aliphatic carbocycles. The van der Waals surface area contributed by atoms with Crippen LogP contribution in [0.15, 0.2) is 60.7 Å². The summed E-state index contributed by atoms with van der Waals surface area (Å²) in [6.07, 6.45) is 5.89. The normalized spacial score (nSPS) is 26.6. The van der Waals surface area contributed by atoms with Gasteiger partial charge in [-0.2, -0.15) is 0 Å². The van der Waals surface area contributed by atoms with Crippen molar-refractivity contribution in [3.63, 3.8) is 0 Å². The topological polar surface area (TPSA) is 43.1 Å². The highest BCUT2D eigenvalue weighted by molar-refractivity contribution is 5.90. The lowest BCUT2D eigenvalue weighted by Crippen LogP contribution is -2.54. The molecule has 1 heterocycles. The molecule has 2 aromatic rings. The van der Waals surface area contributed by atoms with Gasteiger partial charge in [0.1, 0.15) is 0 Å². The second kappa shape index (κ2) is 7.36. The summed E-state index contributed by atoms with van der Waals surface area (Å²) >= 11 is 0. The van der Waals surface area contributed by atoms with Crippen molar-refractivity contribution in [3.05, 3.63) is 71.8 Å². The molecule has 1 saturated heterocycles. The standard InChI is InChI=1S/C25H32N2O/c1-27(2)15-9-10-20-16-19(17-23(20)27)18-25(24(26)28,21-11-5-3-6-12-21)22-13-7-4-8-14-22/h3-8,11-14,19-20,23H,9-10,15-18H2,1-2H3,(H-,26,28)/p+1/t19-,20?,23+/m1/s1. The maximum absolute atomic E-state index is 13.1. The number of hydrogen-bond donors (Lipinski definition) is 1. The number of quaternary nitrogens is 1. The molecular formula is C25H33N2O+. The summed E-state index contributed by atoms with van der Waals surface area (Å²) in [6.45, 7) is 1.27. The van der Waals surface area contributed by atoms with Gasteiger partial charge < -0.3 is 10.2 Å². The van der Waals surface area contributed by atoms with Gasteiger partial charge in [0.05, 0.1) is 32.1 Å². The van der Waals surface area contributed by atoms with Gasteiger partial charge in [-0.25, -0.2) is 0 Å². The molecule has 148 valence electrons. The maximum Gasteiger partial charge on any atom is 0.232 e. The summed E-state index contributed by atoms with van der Waals surface area (Å²) in [5.74, 6) is 1.08. The second-order valence-corrected chi connectivity index (χ2v) is 9.52. The SMILES string of the molecule is C[N+]1(C)CCCC2C[C@@H](CC(C(N)=O)(c3ccccc3)c3ccccc3)C[C@@H]21. The molecule has 3 atom stereocenters. The maximum atomic E-state index is 13.1. The van der Waals surface area contributed by atoms with Gasteiger partial charge in [0.25, 0.3) is 0 Å². The van der Waals surface area contributed by atoms with Gasteiger partial charge >= 0.3 is 0 Å². The van der Waals surface area contributed by atoms with Crippen molar-refractivity contribution in [1.82, 2.24) is 0 Å². The van der Waals surface area contributed by atoms with Gasteiger partial charge in [-0.1, -0.05) is 60.7 Å². The van der Waals surface area contributed by atoms with Crippen LogP contribution >= 0.6 is 0 Å². The predicted molar refractivity (Wildman–Crippen MR) is 114 cm³/mol. The van der Waals surface area contributed by atoms with Crippen LogP contribution in [0.2, 0.25) is 0 Å². The molecule has 1 unspecified atom stereocenters. The smallest absolute Gasteiger partial charge is 0.232 e. The quantitative estimate of drug-likeness (QED) is 0.783. The van der Waals surface area contributed by atoms with E-state index in [0.717, 1.165) is 34.0 Å². The summed E-state index contributed by atoms with van der Waals surface area (Å²) in [7, 11) is 4.77. The molecule has 0 bridgehead atoms. The van der Waals surface area contributed by atoms with E-state index in [1.165, 1.54) is 32.2 Å². The molecule has 2 fully saturated rings. The third kappa shape index (κ3) is 3.26. The molecule has 0 spiro atoms. The highest BCUT2D eigenvalue weighted by Gasteiger charge is 2.50. The van der Waals surface area contributed by atoms with E-state index in [2.05, 4.69) is 38.4 Å². The van der Waals surface area contributed by atoms with Crippen LogP contribution in [-0.4, -0.2) is 37.1 Å². The Morgan fingerprint density at radius 3 is 2.07 bits per heavy atom. The average molecular weight is 378 g/mol. The lowest BCUT2D eigenvalue weighted by atomic mass is 9.68. The van der Waals surface area contributed by atoms with Gasteiger partial charge in [-0.05, 0) is 42.7 Å². The van der Waals surface area contributed by atoms with Crippen molar-refractivity contribution in [3.8, 4) is 0 Å². The van der Waals surface area contributed by atoms with Crippen LogP contribution in [0.4, 0.5) is 0 Å². The Labute approximate surface area is 169 Å². The van der Waals surface area contributed by atoms with Crippen LogP contribution in [0, 0.1) is 11.8 Å². The van der Waals surface area contributed by atoms with E-state index in [1.807, 2.05) is 36.4 Å². The highest BCUT2D eigenvalue weighted by Crippen LogP contribution is 2.48. The fourth-order valence-corrected chi connectivity index (χ4v) is 6.14. The zero-order valence-corrected chi connectivity index (χ0v) is 17.2. The summed E-state index contributed by atoms with van der Waals surface area (Å²) in [4.78, 5) is 13.1. The molecule has 3 heteroatoms. The number of likely N-dealkylation sites (tertiary alicyclic amines) is 1. The Bertz CT molecular complexity index is 775. The summed E-state index contributed by atoms with van der Waals surface area (Å²) < 4.78 is 1.13. The minimum Gasteiger partial charge on any atom is -0.369 e. The van der Waals surface area contributed by atoms with Crippen LogP contribution in [0.25, 0.3) is 0 Å². The van der Waals surface area contributed by atoms with E-state index in [4.69, 9.17) is 5.73 Å². The monoisotopic (exact) mass is 377 g/mol. The molecule has 0 aromatic heterocycles. The fourth-order valence-electron chi connectivity index (χ4n) is 6.14. The number of primary amides is 1. The number of piperidine rings is 1. The molecule has 3 nitrogen and oxygen atoms in total. The van der Waals surface area contributed by atoms with Gasteiger partial charge in [-0.15, -0.1) is 0 Å². The van der Waals surface area contributed by atoms with E-state index in [9.17, 15) is 4.79 Å². The van der Waals surface area contributed by atoms with Crippen LogP contribution in [0.3, 0.4) is 0 Å². The summed E-state index contributed by atoms with van der Waals surface area (Å²) in [5, 5.41) is 0. The third-order valence-electron chi connectivity index (χ3n) is 7.51. The zero-order valence-electron chi connectivity index (χ0n) is 17.2. The Balaban J connectivity index is 1.72. The first-order valence-electron chi connectivity index (χ1n) is 10.7. The van der Waals surface area contributed by atoms with E-state index in [1.54, 1.807) is 0 Å². The number of carbonyl (C=O) groups is 1. The van der Waals surface area contributed by atoms with Crippen LogP contribution in [0.1, 0.15) is 43.2 Å². The number of amides is 1. The number of benzene rings is 2. The molecule has 2 N–H and O–H groups in total. The molecule has 1 amide bonds. The molecule has 2 aliphatic rings. The molecule has 0 radical (unpaired) electrons. The third-order valence-corrected chi connectivity index (χ3v) is 7.51. The summed E-state index contributed by atoms with van der Waals surface area (Å²) in [5.41, 5.74) is 7.47. The molecule has 28 heavy (non-hydrogen) atoms. The van der Waals surface area contributed by atoms with Crippen molar-refractivity contribution in [1.29, 1.82) is 0 Å². The number of nitrogens with two attached hydrogens (primary N) is 1. The molecule has 4 rings (SSSR count). The van der Waals surface area contributed by atoms with E-state index in [-0.39, 0.29) is 5.91 Å². The highest BCUT2D eigenvalue weighted by atomic mass is 16.1. The number of fused-ring (bicyclic) bond motifs is 1. The van der Waals surface area contributed by atoms with E-state index >= 15 is 0 Å². The number of nitrogens with zero attached hydrogens (tertiary/aromatic N) is 1. The minimum absolute atomic E-state index is 0.228. The van der Waals surface area contributed by atoms with E-state index < -0.39 is 5.41 Å². The van der Waals surface area contributed by atoms with Crippen molar-refractivity contribution in [2.24, 2.45) is 17.6 Å². The summed E-state index contributed by atoms with van der Waals surface area (Å²) in [6, 6.07) is 21.1.